The van der Waals surface area contributed by atoms with Crippen LogP contribution in [0.15, 0.2) is 36.7 Å². The minimum atomic E-state index is -4.48. The van der Waals surface area contributed by atoms with Gasteiger partial charge in [0.1, 0.15) is 6.07 Å². The number of nitrogens with zero attached hydrogens (tertiary/aromatic N) is 4. The van der Waals surface area contributed by atoms with Crippen LogP contribution < -0.4 is 10.2 Å². The van der Waals surface area contributed by atoms with Gasteiger partial charge in [0, 0.05) is 37.6 Å². The van der Waals surface area contributed by atoms with E-state index in [0.29, 0.717) is 25.5 Å². The summed E-state index contributed by atoms with van der Waals surface area (Å²) in [5.74, 6) is 0.235. The van der Waals surface area contributed by atoms with E-state index in [1.165, 1.54) is 24.5 Å². The third kappa shape index (κ3) is 4.57. The molecule has 0 aliphatic carbocycles. The van der Waals surface area contributed by atoms with Gasteiger partial charge in [0.2, 0.25) is 0 Å². The summed E-state index contributed by atoms with van der Waals surface area (Å²) in [7, 11) is 0. The monoisotopic (exact) mass is 389 g/mol. The van der Waals surface area contributed by atoms with Crippen molar-refractivity contribution in [2.45, 2.75) is 19.0 Å². The number of carbonyl (C=O) groups excluding carboxylic acids is 1. The van der Waals surface area contributed by atoms with Crippen molar-refractivity contribution in [3.8, 4) is 6.07 Å². The lowest BCUT2D eigenvalue weighted by Gasteiger charge is -2.32. The second kappa shape index (κ2) is 8.25. The van der Waals surface area contributed by atoms with Gasteiger partial charge < -0.3 is 10.2 Å². The van der Waals surface area contributed by atoms with Gasteiger partial charge in [-0.05, 0) is 37.0 Å². The van der Waals surface area contributed by atoms with Crippen LogP contribution in [0.3, 0.4) is 0 Å². The van der Waals surface area contributed by atoms with E-state index in [9.17, 15) is 18.0 Å². The summed E-state index contributed by atoms with van der Waals surface area (Å²) >= 11 is 0. The van der Waals surface area contributed by atoms with Crippen LogP contribution in [0.4, 0.5) is 19.0 Å². The first-order valence-corrected chi connectivity index (χ1v) is 8.80. The second-order valence-corrected chi connectivity index (χ2v) is 6.56. The number of anilines is 1. The number of halogens is 3. The highest BCUT2D eigenvalue weighted by Crippen LogP contribution is 2.29. The van der Waals surface area contributed by atoms with Gasteiger partial charge in [-0.15, -0.1) is 0 Å². The van der Waals surface area contributed by atoms with Crippen molar-refractivity contribution in [2.75, 3.05) is 24.5 Å². The van der Waals surface area contributed by atoms with Gasteiger partial charge in [0.05, 0.1) is 5.56 Å². The second-order valence-electron chi connectivity index (χ2n) is 6.56. The Morgan fingerprint density at radius 2 is 1.96 bits per heavy atom. The maximum Gasteiger partial charge on any atom is 0.416 e. The summed E-state index contributed by atoms with van der Waals surface area (Å²) in [6.45, 7) is 1.71. The Bertz CT molecular complexity index is 886. The number of aromatic nitrogens is 2. The lowest BCUT2D eigenvalue weighted by molar-refractivity contribution is -0.137. The van der Waals surface area contributed by atoms with Gasteiger partial charge in [0.15, 0.2) is 11.5 Å². The smallest absolute Gasteiger partial charge is 0.354 e. The number of alkyl halides is 3. The molecule has 1 amide bonds. The van der Waals surface area contributed by atoms with Gasteiger partial charge in [-0.1, -0.05) is 6.07 Å². The van der Waals surface area contributed by atoms with Crippen molar-refractivity contribution >= 4 is 11.7 Å². The van der Waals surface area contributed by atoms with E-state index in [-0.39, 0.29) is 17.2 Å². The van der Waals surface area contributed by atoms with Gasteiger partial charge >= 0.3 is 6.18 Å². The molecule has 1 aliphatic heterocycles. The number of hydrogen-bond donors (Lipinski definition) is 1. The normalized spacial score (nSPS) is 15.1. The Balaban J connectivity index is 1.53. The van der Waals surface area contributed by atoms with Crippen molar-refractivity contribution in [1.29, 1.82) is 5.26 Å². The van der Waals surface area contributed by atoms with E-state index in [1.54, 1.807) is 0 Å². The van der Waals surface area contributed by atoms with E-state index < -0.39 is 17.6 Å². The maximum atomic E-state index is 12.8. The van der Waals surface area contributed by atoms with E-state index in [1.807, 2.05) is 11.0 Å². The molecule has 1 aromatic heterocycles. The Morgan fingerprint density at radius 1 is 1.25 bits per heavy atom. The fourth-order valence-electron chi connectivity index (χ4n) is 3.17. The minimum Gasteiger partial charge on any atom is -0.354 e. The van der Waals surface area contributed by atoms with E-state index in [4.69, 9.17) is 5.26 Å². The molecule has 28 heavy (non-hydrogen) atoms. The van der Waals surface area contributed by atoms with Crippen molar-refractivity contribution in [1.82, 2.24) is 15.3 Å². The lowest BCUT2D eigenvalue weighted by Crippen LogP contribution is -2.39. The first-order chi connectivity index (χ1) is 13.4. The molecule has 6 nitrogen and oxygen atoms in total. The highest BCUT2D eigenvalue weighted by molar-refractivity contribution is 5.94. The number of amides is 1. The highest BCUT2D eigenvalue weighted by atomic mass is 19.4. The molecule has 0 unspecified atom stereocenters. The summed E-state index contributed by atoms with van der Waals surface area (Å²) in [6.07, 6.45) is 0.0655. The quantitative estimate of drug-likeness (QED) is 0.869. The van der Waals surface area contributed by atoms with Gasteiger partial charge in [0.25, 0.3) is 5.91 Å². The maximum absolute atomic E-state index is 12.8. The van der Waals surface area contributed by atoms with Crippen LogP contribution in [-0.4, -0.2) is 35.5 Å². The zero-order valence-corrected chi connectivity index (χ0v) is 14.9. The first kappa shape index (κ1) is 19.6. The molecule has 0 radical (unpaired) electrons. The molecule has 0 saturated carbocycles. The van der Waals surface area contributed by atoms with Crippen molar-refractivity contribution < 1.29 is 18.0 Å². The molecule has 1 aromatic carbocycles. The number of rotatable bonds is 4. The fourth-order valence-corrected chi connectivity index (χ4v) is 3.17. The fraction of sp³-hybridized carbons (Fsp3) is 0.368. The Morgan fingerprint density at radius 3 is 2.64 bits per heavy atom. The summed E-state index contributed by atoms with van der Waals surface area (Å²) in [4.78, 5) is 22.4. The molecule has 2 heterocycles. The SMILES string of the molecule is N#Cc1nccnc1N1CCC(CNC(=O)c2cccc(C(F)(F)F)c2)CC1. The zero-order valence-electron chi connectivity index (χ0n) is 14.9. The van der Waals surface area contributed by atoms with Crippen LogP contribution in [0.25, 0.3) is 0 Å². The predicted molar refractivity (Wildman–Crippen MR) is 95.5 cm³/mol. The predicted octanol–water partition coefficient (Wildman–Crippen LogP) is 3.01. The molecule has 1 N–H and O–H groups in total. The number of hydrogen-bond acceptors (Lipinski definition) is 5. The summed E-state index contributed by atoms with van der Waals surface area (Å²) < 4.78 is 38.3. The molecular weight excluding hydrogens is 371 g/mol. The van der Waals surface area contributed by atoms with Gasteiger partial charge in [-0.3, -0.25) is 4.79 Å². The average molecular weight is 389 g/mol. The number of nitrogens with one attached hydrogen (secondary N) is 1. The number of benzene rings is 1. The molecule has 3 rings (SSSR count). The van der Waals surface area contributed by atoms with E-state index in [0.717, 1.165) is 25.0 Å². The zero-order chi connectivity index (χ0) is 20.1. The summed E-state index contributed by atoms with van der Waals surface area (Å²) in [5, 5.41) is 11.8. The van der Waals surface area contributed by atoms with Crippen LogP contribution in [0, 0.1) is 17.2 Å². The molecule has 1 aliphatic rings. The van der Waals surface area contributed by atoms with Gasteiger partial charge in [-0.25, -0.2) is 9.97 Å². The molecule has 1 fully saturated rings. The molecule has 0 spiro atoms. The molecule has 2 aromatic rings. The third-order valence-electron chi connectivity index (χ3n) is 4.70. The summed E-state index contributed by atoms with van der Waals surface area (Å²) in [6, 6.07) is 6.41. The van der Waals surface area contributed by atoms with E-state index >= 15 is 0 Å². The van der Waals surface area contributed by atoms with Crippen molar-refractivity contribution in [3.05, 3.63) is 53.5 Å². The largest absolute Gasteiger partial charge is 0.416 e. The van der Waals surface area contributed by atoms with Crippen LogP contribution >= 0.6 is 0 Å². The van der Waals surface area contributed by atoms with E-state index in [2.05, 4.69) is 15.3 Å². The van der Waals surface area contributed by atoms with Crippen molar-refractivity contribution in [2.24, 2.45) is 5.92 Å². The van der Waals surface area contributed by atoms with Crippen molar-refractivity contribution in [3.63, 3.8) is 0 Å². The van der Waals surface area contributed by atoms with Crippen LogP contribution in [-0.2, 0) is 6.18 Å². The standard InChI is InChI=1S/C19H18F3N5O/c20-19(21,22)15-3-1-2-14(10-15)18(28)26-12-13-4-8-27(9-5-13)17-16(11-23)24-6-7-25-17/h1-3,6-7,10,13H,4-5,8-9,12H2,(H,26,28). The minimum absolute atomic E-state index is 0.00881. The molecule has 9 heteroatoms. The van der Waals surface area contributed by atoms with Crippen LogP contribution in [0.1, 0.15) is 34.5 Å². The number of piperidine rings is 1. The molecule has 0 bridgehead atoms. The van der Waals surface area contributed by atoms with Crippen LogP contribution in [0.5, 0.6) is 0 Å². The third-order valence-corrected chi connectivity index (χ3v) is 4.70. The topological polar surface area (TPSA) is 81.9 Å². The molecule has 146 valence electrons. The highest BCUT2D eigenvalue weighted by Gasteiger charge is 2.31. The molecule has 0 atom stereocenters. The number of carbonyl (C=O) groups is 1. The Kier molecular flexibility index (Phi) is 5.78. The lowest BCUT2D eigenvalue weighted by atomic mass is 9.96. The Hall–Kier alpha value is -3.15. The average Bonchev–Trinajstić information content (AvgIpc) is 2.72. The summed E-state index contributed by atoms with van der Waals surface area (Å²) in [5.41, 5.74) is -0.574. The molecular formula is C19H18F3N5O. The number of nitriles is 1. The first-order valence-electron chi connectivity index (χ1n) is 8.80. The molecule has 1 saturated heterocycles. The van der Waals surface area contributed by atoms with Crippen LogP contribution in [0.2, 0.25) is 0 Å². The van der Waals surface area contributed by atoms with Gasteiger partial charge in [-0.2, -0.15) is 18.4 Å². The Labute approximate surface area is 160 Å².